The molecule has 0 atom stereocenters. The summed E-state index contributed by atoms with van der Waals surface area (Å²) in [5.41, 5.74) is 12.7. The van der Waals surface area contributed by atoms with Crippen molar-refractivity contribution in [2.24, 2.45) is 10.9 Å². The van der Waals surface area contributed by atoms with Crippen molar-refractivity contribution in [1.29, 1.82) is 0 Å². The molecule has 2 rings (SSSR count). The molecule has 0 aliphatic carbocycles. The Hall–Kier alpha value is -2.08. The summed E-state index contributed by atoms with van der Waals surface area (Å²) in [5.74, 6) is 0.0213. The lowest BCUT2D eigenvalue weighted by atomic mass is 10.1. The van der Waals surface area contributed by atoms with Crippen molar-refractivity contribution in [1.82, 2.24) is 4.98 Å². The first kappa shape index (κ1) is 10.4. The van der Waals surface area contributed by atoms with E-state index in [2.05, 4.69) is 10.1 Å². The summed E-state index contributed by atoms with van der Waals surface area (Å²) < 4.78 is 0. The van der Waals surface area contributed by atoms with Crippen molar-refractivity contribution in [2.75, 3.05) is 5.73 Å². The molecular formula is C10H10N4OS. The fourth-order valence-electron chi connectivity index (χ4n) is 1.35. The van der Waals surface area contributed by atoms with Gasteiger partial charge in [-0.15, -0.1) is 0 Å². The minimum atomic E-state index is 0.0213. The molecule has 0 unspecified atom stereocenters. The lowest BCUT2D eigenvalue weighted by molar-refractivity contribution is 0.319. The number of hydrogen-bond donors (Lipinski definition) is 3. The van der Waals surface area contributed by atoms with Crippen LogP contribution in [0.1, 0.15) is 4.88 Å². The molecule has 1 aromatic carbocycles. The van der Waals surface area contributed by atoms with Crippen molar-refractivity contribution in [3.05, 3.63) is 35.2 Å². The monoisotopic (exact) mass is 234 g/mol. The topological polar surface area (TPSA) is 97.5 Å². The quantitative estimate of drug-likeness (QED) is 0.317. The van der Waals surface area contributed by atoms with E-state index in [1.165, 1.54) is 11.3 Å². The van der Waals surface area contributed by atoms with Crippen LogP contribution in [-0.2, 0) is 0 Å². The molecule has 0 saturated carbocycles. The number of nitrogens with two attached hydrogens (primary N) is 2. The number of anilines is 1. The van der Waals surface area contributed by atoms with E-state index in [4.69, 9.17) is 16.7 Å². The maximum Gasteiger partial charge on any atom is 0.182 e. The Morgan fingerprint density at radius 2 is 2.00 bits per heavy atom. The molecule has 0 amide bonds. The highest BCUT2D eigenvalue weighted by molar-refractivity contribution is 7.17. The van der Waals surface area contributed by atoms with E-state index >= 15 is 0 Å². The van der Waals surface area contributed by atoms with Crippen LogP contribution in [0.2, 0.25) is 0 Å². The van der Waals surface area contributed by atoms with Crippen LogP contribution in [-0.4, -0.2) is 16.0 Å². The van der Waals surface area contributed by atoms with Crippen molar-refractivity contribution >= 4 is 22.3 Å². The Bertz CT molecular complexity index is 521. The third-order valence-corrected chi connectivity index (χ3v) is 2.94. The highest BCUT2D eigenvalue weighted by atomic mass is 32.1. The molecule has 0 aliphatic rings. The van der Waals surface area contributed by atoms with Crippen LogP contribution in [0.5, 0.6) is 0 Å². The number of nitrogen functional groups attached to an aromatic ring is 1. The zero-order chi connectivity index (χ0) is 11.5. The molecule has 0 bridgehead atoms. The Kier molecular flexibility index (Phi) is 2.74. The van der Waals surface area contributed by atoms with Gasteiger partial charge in [0.15, 0.2) is 11.0 Å². The van der Waals surface area contributed by atoms with Gasteiger partial charge in [0, 0.05) is 5.56 Å². The number of hydrogen-bond acceptors (Lipinski definition) is 5. The first-order valence-corrected chi connectivity index (χ1v) is 5.33. The van der Waals surface area contributed by atoms with Gasteiger partial charge in [-0.05, 0) is 0 Å². The van der Waals surface area contributed by atoms with Crippen molar-refractivity contribution in [2.45, 2.75) is 0 Å². The third kappa shape index (κ3) is 1.82. The number of thiazole rings is 1. The van der Waals surface area contributed by atoms with E-state index in [0.29, 0.717) is 15.7 Å². The van der Waals surface area contributed by atoms with Crippen molar-refractivity contribution in [3.63, 3.8) is 0 Å². The molecule has 82 valence electrons. The SMILES string of the molecule is N/C(=N\O)c1sc(N)nc1-c1ccccc1. The van der Waals surface area contributed by atoms with Gasteiger partial charge < -0.3 is 16.7 Å². The number of aromatic nitrogens is 1. The summed E-state index contributed by atoms with van der Waals surface area (Å²) in [7, 11) is 0. The minimum absolute atomic E-state index is 0.0213. The van der Waals surface area contributed by atoms with E-state index in [9.17, 15) is 0 Å². The zero-order valence-corrected chi connectivity index (χ0v) is 9.11. The maximum absolute atomic E-state index is 8.67. The minimum Gasteiger partial charge on any atom is -0.409 e. The lowest BCUT2D eigenvalue weighted by Crippen LogP contribution is -2.12. The molecule has 5 N–H and O–H groups in total. The van der Waals surface area contributed by atoms with Crippen molar-refractivity contribution in [3.8, 4) is 11.3 Å². The number of amidine groups is 1. The van der Waals surface area contributed by atoms with E-state index in [0.717, 1.165) is 5.56 Å². The molecule has 1 aromatic heterocycles. The highest BCUT2D eigenvalue weighted by Crippen LogP contribution is 2.29. The Labute approximate surface area is 96.0 Å². The summed E-state index contributed by atoms with van der Waals surface area (Å²) in [4.78, 5) is 4.75. The molecule has 1 heterocycles. The zero-order valence-electron chi connectivity index (χ0n) is 8.29. The van der Waals surface area contributed by atoms with Gasteiger partial charge in [0.2, 0.25) is 0 Å². The molecule has 0 saturated heterocycles. The van der Waals surface area contributed by atoms with Crippen LogP contribution in [0.15, 0.2) is 35.5 Å². The fraction of sp³-hybridized carbons (Fsp3) is 0. The molecule has 5 nitrogen and oxygen atoms in total. The molecule has 0 spiro atoms. The first-order valence-electron chi connectivity index (χ1n) is 4.52. The van der Waals surface area contributed by atoms with Crippen LogP contribution in [0, 0.1) is 0 Å². The third-order valence-electron chi connectivity index (χ3n) is 2.03. The van der Waals surface area contributed by atoms with E-state index in [1.807, 2.05) is 30.3 Å². The molecule has 16 heavy (non-hydrogen) atoms. The molecule has 6 heteroatoms. The highest BCUT2D eigenvalue weighted by Gasteiger charge is 2.14. The van der Waals surface area contributed by atoms with E-state index in [1.54, 1.807) is 0 Å². The predicted octanol–water partition coefficient (Wildman–Crippen LogP) is 1.49. The van der Waals surface area contributed by atoms with Gasteiger partial charge in [-0.2, -0.15) is 0 Å². The van der Waals surface area contributed by atoms with Crippen LogP contribution >= 0.6 is 11.3 Å². The maximum atomic E-state index is 8.67. The lowest BCUT2D eigenvalue weighted by Gasteiger charge is -1.99. The smallest absolute Gasteiger partial charge is 0.182 e. The van der Waals surface area contributed by atoms with Crippen LogP contribution < -0.4 is 11.5 Å². The molecular weight excluding hydrogens is 224 g/mol. The van der Waals surface area contributed by atoms with Gasteiger partial charge in [0.1, 0.15) is 4.88 Å². The van der Waals surface area contributed by atoms with Crippen LogP contribution in [0.3, 0.4) is 0 Å². The van der Waals surface area contributed by atoms with Crippen LogP contribution in [0.25, 0.3) is 11.3 Å². The summed E-state index contributed by atoms with van der Waals surface area (Å²) in [6.45, 7) is 0. The Morgan fingerprint density at radius 3 is 2.62 bits per heavy atom. The van der Waals surface area contributed by atoms with Gasteiger partial charge in [0.25, 0.3) is 0 Å². The van der Waals surface area contributed by atoms with Gasteiger partial charge in [-0.3, -0.25) is 0 Å². The number of rotatable bonds is 2. The van der Waals surface area contributed by atoms with Crippen LogP contribution in [0.4, 0.5) is 5.13 Å². The molecule has 2 aromatic rings. The molecule has 0 aliphatic heterocycles. The van der Waals surface area contributed by atoms with Gasteiger partial charge in [0.05, 0.1) is 5.69 Å². The second kappa shape index (κ2) is 4.19. The fourth-order valence-corrected chi connectivity index (χ4v) is 2.10. The average Bonchev–Trinajstić information content (AvgIpc) is 2.71. The van der Waals surface area contributed by atoms with E-state index in [-0.39, 0.29) is 5.84 Å². The standard InChI is InChI=1S/C10H10N4OS/c11-9(14-15)8-7(13-10(12)16-8)6-4-2-1-3-5-6/h1-5,15H,(H2,11,14)(H2,12,13). The van der Waals surface area contributed by atoms with E-state index < -0.39 is 0 Å². The Balaban J connectivity index is 2.57. The second-order valence-corrected chi connectivity index (χ2v) is 4.11. The number of oxime groups is 1. The molecule has 0 fully saturated rings. The average molecular weight is 234 g/mol. The number of benzene rings is 1. The largest absolute Gasteiger partial charge is 0.409 e. The summed E-state index contributed by atoms with van der Waals surface area (Å²) in [6, 6.07) is 9.47. The normalized spacial score (nSPS) is 11.6. The van der Waals surface area contributed by atoms with Gasteiger partial charge in [-0.25, -0.2) is 4.98 Å². The predicted molar refractivity (Wildman–Crippen MR) is 64.5 cm³/mol. The second-order valence-electron chi connectivity index (χ2n) is 3.08. The summed E-state index contributed by atoms with van der Waals surface area (Å²) >= 11 is 1.19. The van der Waals surface area contributed by atoms with Gasteiger partial charge in [-0.1, -0.05) is 46.8 Å². The molecule has 0 radical (unpaired) electrons. The summed E-state index contributed by atoms with van der Waals surface area (Å²) in [5, 5.41) is 12.0. The summed E-state index contributed by atoms with van der Waals surface area (Å²) in [6.07, 6.45) is 0. The van der Waals surface area contributed by atoms with Gasteiger partial charge >= 0.3 is 0 Å². The number of nitrogens with zero attached hydrogens (tertiary/aromatic N) is 2. The Morgan fingerprint density at radius 1 is 1.31 bits per heavy atom. The van der Waals surface area contributed by atoms with Crippen molar-refractivity contribution < 1.29 is 5.21 Å². The first-order chi connectivity index (χ1) is 7.72.